The van der Waals surface area contributed by atoms with E-state index in [0.717, 1.165) is 17.4 Å². The summed E-state index contributed by atoms with van der Waals surface area (Å²) in [6, 6.07) is 7.39. The fourth-order valence-corrected chi connectivity index (χ4v) is 1.51. The molecule has 0 atom stereocenters. The fourth-order valence-electron chi connectivity index (χ4n) is 1.51. The quantitative estimate of drug-likeness (QED) is 0.435. The number of nitrogen functional groups attached to an aromatic ring is 1. The molecule has 98 valence electrons. The SMILES string of the molecule is Cc1ccccc1Nc1nc(NN)ncc1[N+](=O)[O-]. The molecule has 19 heavy (non-hydrogen) atoms. The Bertz CT molecular complexity index is 616. The topological polar surface area (TPSA) is 119 Å². The van der Waals surface area contributed by atoms with Crippen molar-refractivity contribution in [1.82, 2.24) is 9.97 Å². The van der Waals surface area contributed by atoms with E-state index in [9.17, 15) is 10.1 Å². The zero-order valence-electron chi connectivity index (χ0n) is 10.1. The molecular formula is C11H12N6O2. The third-order valence-electron chi connectivity index (χ3n) is 2.49. The molecule has 0 aliphatic rings. The molecule has 1 aromatic carbocycles. The van der Waals surface area contributed by atoms with Crippen molar-refractivity contribution in [3.63, 3.8) is 0 Å². The van der Waals surface area contributed by atoms with Gasteiger partial charge in [-0.3, -0.25) is 15.5 Å². The minimum Gasteiger partial charge on any atom is -0.334 e. The summed E-state index contributed by atoms with van der Waals surface area (Å²) in [5.41, 5.74) is 3.70. The van der Waals surface area contributed by atoms with Crippen molar-refractivity contribution in [2.75, 3.05) is 10.7 Å². The van der Waals surface area contributed by atoms with Gasteiger partial charge < -0.3 is 5.32 Å². The summed E-state index contributed by atoms with van der Waals surface area (Å²) in [5.74, 6) is 5.38. The molecule has 0 aliphatic carbocycles. The van der Waals surface area contributed by atoms with Crippen LogP contribution in [0.4, 0.5) is 23.1 Å². The van der Waals surface area contributed by atoms with E-state index in [1.165, 1.54) is 0 Å². The van der Waals surface area contributed by atoms with Gasteiger partial charge in [0.15, 0.2) is 0 Å². The molecule has 8 heteroatoms. The summed E-state index contributed by atoms with van der Waals surface area (Å²) in [5, 5.41) is 13.8. The largest absolute Gasteiger partial charge is 0.334 e. The van der Waals surface area contributed by atoms with Crippen molar-refractivity contribution in [3.05, 3.63) is 46.1 Å². The number of aryl methyl sites for hydroxylation is 1. The number of nitrogens with one attached hydrogen (secondary N) is 2. The number of hydrazine groups is 1. The number of hydrogen-bond donors (Lipinski definition) is 3. The third kappa shape index (κ3) is 2.75. The second-order valence-corrected chi connectivity index (χ2v) is 3.77. The number of benzene rings is 1. The lowest BCUT2D eigenvalue weighted by Crippen LogP contribution is -2.12. The monoisotopic (exact) mass is 260 g/mol. The Hall–Kier alpha value is -2.74. The third-order valence-corrected chi connectivity index (χ3v) is 2.49. The lowest BCUT2D eigenvalue weighted by Gasteiger charge is -2.09. The molecule has 1 heterocycles. The summed E-state index contributed by atoms with van der Waals surface area (Å²) in [6.07, 6.45) is 1.10. The summed E-state index contributed by atoms with van der Waals surface area (Å²) >= 11 is 0. The van der Waals surface area contributed by atoms with E-state index < -0.39 is 4.92 Å². The van der Waals surface area contributed by atoms with Crippen LogP contribution in [0, 0.1) is 17.0 Å². The number of aromatic nitrogens is 2. The van der Waals surface area contributed by atoms with E-state index in [1.807, 2.05) is 25.1 Å². The van der Waals surface area contributed by atoms with Crippen LogP contribution in [0.1, 0.15) is 5.56 Å². The van der Waals surface area contributed by atoms with Crippen LogP contribution in [0.15, 0.2) is 30.5 Å². The molecule has 1 aromatic heterocycles. The molecule has 2 rings (SSSR count). The molecule has 0 spiro atoms. The van der Waals surface area contributed by atoms with Gasteiger partial charge >= 0.3 is 5.69 Å². The van der Waals surface area contributed by atoms with Gasteiger partial charge in [-0.05, 0) is 18.6 Å². The zero-order valence-corrected chi connectivity index (χ0v) is 10.1. The van der Waals surface area contributed by atoms with E-state index in [-0.39, 0.29) is 17.5 Å². The predicted octanol–water partition coefficient (Wildman–Crippen LogP) is 1.72. The number of rotatable bonds is 4. The average molecular weight is 260 g/mol. The van der Waals surface area contributed by atoms with Gasteiger partial charge in [0.05, 0.1) is 4.92 Å². The first-order chi connectivity index (χ1) is 9.11. The van der Waals surface area contributed by atoms with Crippen LogP contribution in [0.5, 0.6) is 0 Å². The Balaban J connectivity index is 2.43. The van der Waals surface area contributed by atoms with E-state index in [0.29, 0.717) is 0 Å². The van der Waals surface area contributed by atoms with Gasteiger partial charge in [-0.25, -0.2) is 10.8 Å². The van der Waals surface area contributed by atoms with Gasteiger partial charge in [-0.15, -0.1) is 0 Å². The maximum Gasteiger partial charge on any atom is 0.329 e. The standard InChI is InChI=1S/C11H12N6O2/c1-7-4-2-3-5-8(7)14-10-9(17(18)19)6-13-11(15-10)16-12/h2-6H,12H2,1H3,(H2,13,14,15,16). The van der Waals surface area contributed by atoms with E-state index in [1.54, 1.807) is 6.07 Å². The highest BCUT2D eigenvalue weighted by Gasteiger charge is 2.17. The number of nitrogens with two attached hydrogens (primary N) is 1. The molecule has 0 saturated carbocycles. The number of anilines is 3. The van der Waals surface area contributed by atoms with E-state index in [4.69, 9.17) is 5.84 Å². The molecule has 0 fully saturated rings. The predicted molar refractivity (Wildman–Crippen MR) is 71.0 cm³/mol. The molecule has 4 N–H and O–H groups in total. The van der Waals surface area contributed by atoms with Gasteiger partial charge in [-0.1, -0.05) is 18.2 Å². The smallest absolute Gasteiger partial charge is 0.329 e. The number of hydrogen-bond acceptors (Lipinski definition) is 7. The molecular weight excluding hydrogens is 248 g/mol. The molecule has 0 radical (unpaired) electrons. The van der Waals surface area contributed by atoms with Crippen molar-refractivity contribution in [2.24, 2.45) is 5.84 Å². The highest BCUT2D eigenvalue weighted by Crippen LogP contribution is 2.26. The molecule has 2 aromatic rings. The lowest BCUT2D eigenvalue weighted by atomic mass is 10.2. The summed E-state index contributed by atoms with van der Waals surface area (Å²) < 4.78 is 0. The molecule has 0 unspecified atom stereocenters. The van der Waals surface area contributed by atoms with Crippen LogP contribution in [0.2, 0.25) is 0 Å². The van der Waals surface area contributed by atoms with Gasteiger partial charge in [-0.2, -0.15) is 4.98 Å². The Labute approximate surface area is 108 Å². The fraction of sp³-hybridized carbons (Fsp3) is 0.0909. The van der Waals surface area contributed by atoms with Crippen LogP contribution < -0.4 is 16.6 Å². The highest BCUT2D eigenvalue weighted by molar-refractivity contribution is 5.67. The summed E-state index contributed by atoms with van der Waals surface area (Å²) in [4.78, 5) is 18.0. The van der Waals surface area contributed by atoms with Crippen LogP contribution in [0.3, 0.4) is 0 Å². The first kappa shape index (κ1) is 12.7. The van der Waals surface area contributed by atoms with Crippen molar-refractivity contribution in [2.45, 2.75) is 6.92 Å². The van der Waals surface area contributed by atoms with Crippen LogP contribution in [-0.4, -0.2) is 14.9 Å². The first-order valence-corrected chi connectivity index (χ1v) is 5.42. The van der Waals surface area contributed by atoms with E-state index in [2.05, 4.69) is 20.7 Å². The highest BCUT2D eigenvalue weighted by atomic mass is 16.6. The number of nitro groups is 1. The van der Waals surface area contributed by atoms with Crippen LogP contribution in [0.25, 0.3) is 0 Å². The van der Waals surface area contributed by atoms with Gasteiger partial charge in [0.1, 0.15) is 6.20 Å². The Morgan fingerprint density at radius 3 is 2.74 bits per heavy atom. The Morgan fingerprint density at radius 1 is 1.37 bits per heavy atom. The molecule has 8 nitrogen and oxygen atoms in total. The van der Waals surface area contributed by atoms with Gasteiger partial charge in [0.2, 0.25) is 11.8 Å². The van der Waals surface area contributed by atoms with Crippen molar-refractivity contribution < 1.29 is 4.92 Å². The Kier molecular flexibility index (Phi) is 3.53. The van der Waals surface area contributed by atoms with Crippen molar-refractivity contribution in [3.8, 4) is 0 Å². The molecule has 0 aliphatic heterocycles. The van der Waals surface area contributed by atoms with Crippen molar-refractivity contribution >= 4 is 23.1 Å². The van der Waals surface area contributed by atoms with Crippen LogP contribution >= 0.6 is 0 Å². The maximum atomic E-state index is 10.9. The average Bonchev–Trinajstić information content (AvgIpc) is 2.41. The molecule has 0 bridgehead atoms. The Morgan fingerprint density at radius 2 is 2.11 bits per heavy atom. The minimum atomic E-state index is -0.555. The minimum absolute atomic E-state index is 0.0854. The molecule has 0 amide bonds. The van der Waals surface area contributed by atoms with E-state index >= 15 is 0 Å². The summed E-state index contributed by atoms with van der Waals surface area (Å²) in [6.45, 7) is 1.89. The normalized spacial score (nSPS) is 10.0. The maximum absolute atomic E-state index is 10.9. The summed E-state index contributed by atoms with van der Waals surface area (Å²) in [7, 11) is 0. The van der Waals surface area contributed by atoms with Crippen LogP contribution in [-0.2, 0) is 0 Å². The van der Waals surface area contributed by atoms with Gasteiger partial charge in [0.25, 0.3) is 0 Å². The lowest BCUT2D eigenvalue weighted by molar-refractivity contribution is -0.384. The second-order valence-electron chi connectivity index (χ2n) is 3.77. The zero-order chi connectivity index (χ0) is 13.8. The van der Waals surface area contributed by atoms with Crippen molar-refractivity contribution in [1.29, 1.82) is 0 Å². The molecule has 0 saturated heterocycles. The second kappa shape index (κ2) is 5.27. The number of nitrogens with zero attached hydrogens (tertiary/aromatic N) is 3. The van der Waals surface area contributed by atoms with Gasteiger partial charge in [0, 0.05) is 5.69 Å². The first-order valence-electron chi connectivity index (χ1n) is 5.42. The number of para-hydroxylation sites is 1.